The number of rotatable bonds is 4. The number of carbonyl (C=O) groups is 1. The predicted molar refractivity (Wildman–Crippen MR) is 65.9 cm³/mol. The Kier molecular flexibility index (Phi) is 4.09. The van der Waals surface area contributed by atoms with E-state index in [1.807, 2.05) is 0 Å². The molecule has 1 fully saturated rings. The van der Waals surface area contributed by atoms with Gasteiger partial charge in [-0.3, -0.25) is 5.10 Å². The number of sulfonamides is 1. The summed E-state index contributed by atoms with van der Waals surface area (Å²) >= 11 is 0. The molecule has 20 heavy (non-hydrogen) atoms. The van der Waals surface area contributed by atoms with Crippen molar-refractivity contribution in [3.8, 4) is 0 Å². The maximum absolute atomic E-state index is 12.6. The van der Waals surface area contributed by atoms with Gasteiger partial charge in [0, 0.05) is 6.54 Å². The molecule has 2 rings (SSSR count). The number of hydrogen-bond acceptors (Lipinski definition) is 6. The molecule has 0 aromatic carbocycles. The second-order valence-corrected chi connectivity index (χ2v) is 6.19. The summed E-state index contributed by atoms with van der Waals surface area (Å²) in [4.78, 5) is 10.7. The van der Waals surface area contributed by atoms with Crippen LogP contribution < -0.4 is 0 Å². The fourth-order valence-corrected chi connectivity index (χ4v) is 3.98. The summed E-state index contributed by atoms with van der Waals surface area (Å²) in [5.74, 6) is -1.43. The summed E-state index contributed by atoms with van der Waals surface area (Å²) in [6.07, 6.45) is 0. The van der Waals surface area contributed by atoms with Gasteiger partial charge in [-0.05, 0) is 6.92 Å². The van der Waals surface area contributed by atoms with E-state index in [4.69, 9.17) is 9.84 Å². The first-order chi connectivity index (χ1) is 9.39. The van der Waals surface area contributed by atoms with E-state index in [0.717, 1.165) is 4.31 Å². The second kappa shape index (κ2) is 5.48. The first kappa shape index (κ1) is 14.9. The molecule has 1 aromatic rings. The van der Waals surface area contributed by atoms with Crippen LogP contribution in [0.3, 0.4) is 0 Å². The maximum atomic E-state index is 12.6. The van der Waals surface area contributed by atoms with Gasteiger partial charge in [0.1, 0.15) is 4.90 Å². The molecule has 112 valence electrons. The fourth-order valence-electron chi connectivity index (χ4n) is 2.10. The Hall–Kier alpha value is -1.49. The molecule has 1 saturated heterocycles. The zero-order valence-electron chi connectivity index (χ0n) is 10.7. The van der Waals surface area contributed by atoms with E-state index in [2.05, 4.69) is 10.2 Å². The van der Waals surface area contributed by atoms with Crippen molar-refractivity contribution in [3.63, 3.8) is 0 Å². The van der Waals surface area contributed by atoms with Crippen LogP contribution in [0.5, 0.6) is 0 Å². The van der Waals surface area contributed by atoms with Gasteiger partial charge in [0.15, 0.2) is 5.69 Å². The molecule has 1 aliphatic heterocycles. The highest BCUT2D eigenvalue weighted by Gasteiger charge is 2.38. The normalized spacial score (nSPS) is 21.0. The molecule has 0 bridgehead atoms. The van der Waals surface area contributed by atoms with E-state index in [1.54, 1.807) is 0 Å². The van der Waals surface area contributed by atoms with E-state index in [9.17, 15) is 18.3 Å². The van der Waals surface area contributed by atoms with Gasteiger partial charge in [0.2, 0.25) is 10.0 Å². The molecule has 0 spiro atoms. The molecular formula is C10H15N3O6S. The first-order valence-corrected chi connectivity index (χ1v) is 7.32. The minimum atomic E-state index is -4.07. The quantitative estimate of drug-likeness (QED) is 0.636. The zero-order chi connectivity index (χ0) is 14.9. The van der Waals surface area contributed by atoms with Crippen LogP contribution in [-0.2, 0) is 14.8 Å². The van der Waals surface area contributed by atoms with Crippen molar-refractivity contribution >= 4 is 16.0 Å². The smallest absolute Gasteiger partial charge is 0.357 e. The fraction of sp³-hybridized carbons (Fsp3) is 0.600. The van der Waals surface area contributed by atoms with Crippen LogP contribution in [0, 0.1) is 6.92 Å². The van der Waals surface area contributed by atoms with Crippen LogP contribution in [0.15, 0.2) is 4.90 Å². The third kappa shape index (κ3) is 2.42. The number of aromatic nitrogens is 2. The Bertz CT molecular complexity index is 611. The second-order valence-electron chi connectivity index (χ2n) is 4.36. The highest BCUT2D eigenvalue weighted by atomic mass is 32.2. The molecule has 0 radical (unpaired) electrons. The van der Waals surface area contributed by atoms with Crippen LogP contribution in [0.25, 0.3) is 0 Å². The van der Waals surface area contributed by atoms with Gasteiger partial charge in [-0.2, -0.15) is 9.40 Å². The number of aryl methyl sites for hydroxylation is 1. The molecule has 10 heteroatoms. The van der Waals surface area contributed by atoms with E-state index in [1.165, 1.54) is 6.92 Å². The number of nitrogens with zero attached hydrogens (tertiary/aromatic N) is 2. The first-order valence-electron chi connectivity index (χ1n) is 5.88. The number of aromatic amines is 1. The summed E-state index contributed by atoms with van der Waals surface area (Å²) < 4.78 is 31.4. The third-order valence-corrected chi connectivity index (χ3v) is 5.16. The van der Waals surface area contributed by atoms with Crippen LogP contribution in [0.4, 0.5) is 0 Å². The summed E-state index contributed by atoms with van der Waals surface area (Å²) in [5, 5.41) is 24.1. The van der Waals surface area contributed by atoms with Crippen LogP contribution in [-0.4, -0.2) is 71.5 Å². The molecule has 1 aliphatic rings. The van der Waals surface area contributed by atoms with E-state index in [0.29, 0.717) is 0 Å². The summed E-state index contributed by atoms with van der Waals surface area (Å²) in [7, 11) is -4.07. The van der Waals surface area contributed by atoms with Crippen LogP contribution >= 0.6 is 0 Å². The Morgan fingerprint density at radius 2 is 2.30 bits per heavy atom. The number of aliphatic hydroxyl groups excluding tert-OH is 1. The lowest BCUT2D eigenvalue weighted by molar-refractivity contribution is 0.0108. The number of morpholine rings is 1. The third-order valence-electron chi connectivity index (χ3n) is 3.04. The molecular weight excluding hydrogens is 290 g/mol. The molecule has 0 saturated carbocycles. The summed E-state index contributed by atoms with van der Waals surface area (Å²) in [6.45, 7) is 1.33. The minimum Gasteiger partial charge on any atom is -0.476 e. The highest BCUT2D eigenvalue weighted by Crippen LogP contribution is 2.25. The minimum absolute atomic E-state index is 0.0528. The van der Waals surface area contributed by atoms with Crippen molar-refractivity contribution in [2.24, 2.45) is 0 Å². The zero-order valence-corrected chi connectivity index (χ0v) is 11.6. The van der Waals surface area contributed by atoms with Gasteiger partial charge < -0.3 is 14.9 Å². The number of hydrogen-bond donors (Lipinski definition) is 3. The Balaban J connectivity index is 2.49. The Labute approximate surface area is 115 Å². The number of carboxylic acid groups (broad SMARTS) is 1. The lowest BCUT2D eigenvalue weighted by Crippen LogP contribution is -2.50. The Morgan fingerprint density at radius 1 is 1.60 bits per heavy atom. The number of aromatic carboxylic acids is 1. The number of nitrogens with one attached hydrogen (secondary N) is 1. The Morgan fingerprint density at radius 3 is 2.90 bits per heavy atom. The molecule has 0 aliphatic carbocycles. The molecule has 1 atom stereocenters. The van der Waals surface area contributed by atoms with Crippen molar-refractivity contribution in [1.29, 1.82) is 0 Å². The SMILES string of the molecule is Cc1[nH]nc(C(=O)O)c1S(=O)(=O)N1CCOCC1CO. The largest absolute Gasteiger partial charge is 0.476 e. The van der Waals surface area contributed by atoms with Gasteiger partial charge in [-0.15, -0.1) is 0 Å². The monoisotopic (exact) mass is 305 g/mol. The van der Waals surface area contributed by atoms with Gasteiger partial charge in [0.05, 0.1) is 31.6 Å². The number of ether oxygens (including phenoxy) is 1. The molecule has 9 nitrogen and oxygen atoms in total. The molecule has 1 aromatic heterocycles. The summed E-state index contributed by atoms with van der Waals surface area (Å²) in [6, 6.07) is -0.732. The van der Waals surface area contributed by atoms with Crippen LogP contribution in [0.2, 0.25) is 0 Å². The van der Waals surface area contributed by atoms with Gasteiger partial charge in [0.25, 0.3) is 0 Å². The van der Waals surface area contributed by atoms with Gasteiger partial charge >= 0.3 is 5.97 Å². The topological polar surface area (TPSA) is 133 Å². The van der Waals surface area contributed by atoms with Gasteiger partial charge in [-0.25, -0.2) is 13.2 Å². The van der Waals surface area contributed by atoms with Crippen molar-refractivity contribution in [2.45, 2.75) is 17.9 Å². The van der Waals surface area contributed by atoms with Gasteiger partial charge in [-0.1, -0.05) is 0 Å². The van der Waals surface area contributed by atoms with Crippen molar-refractivity contribution in [1.82, 2.24) is 14.5 Å². The maximum Gasteiger partial charge on any atom is 0.357 e. The molecule has 3 N–H and O–H groups in total. The van der Waals surface area contributed by atoms with Crippen molar-refractivity contribution in [2.75, 3.05) is 26.4 Å². The van der Waals surface area contributed by atoms with E-state index < -0.39 is 34.3 Å². The molecule has 1 unspecified atom stereocenters. The number of H-pyrrole nitrogens is 1. The van der Waals surface area contributed by atoms with E-state index >= 15 is 0 Å². The average Bonchev–Trinajstić information content (AvgIpc) is 2.81. The van der Waals surface area contributed by atoms with Crippen LogP contribution in [0.1, 0.15) is 16.2 Å². The number of carboxylic acids is 1. The standard InChI is InChI=1S/C10H15N3O6S/c1-6-9(8(10(15)16)12-11-6)20(17,18)13-2-3-19-5-7(13)4-14/h7,14H,2-5H2,1H3,(H,11,12)(H,15,16). The average molecular weight is 305 g/mol. The molecule has 2 heterocycles. The number of aliphatic hydroxyl groups is 1. The lowest BCUT2D eigenvalue weighted by atomic mass is 10.3. The predicted octanol–water partition coefficient (Wildman–Crippen LogP) is -1.20. The highest BCUT2D eigenvalue weighted by molar-refractivity contribution is 7.89. The lowest BCUT2D eigenvalue weighted by Gasteiger charge is -2.33. The molecule has 0 amide bonds. The summed E-state index contributed by atoms with van der Waals surface area (Å²) in [5.41, 5.74) is -0.406. The van der Waals surface area contributed by atoms with E-state index in [-0.39, 0.29) is 30.3 Å². The van der Waals surface area contributed by atoms with Crippen molar-refractivity contribution in [3.05, 3.63) is 11.4 Å². The van der Waals surface area contributed by atoms with Crippen molar-refractivity contribution < 1.29 is 28.2 Å².